The molecule has 1 aromatic heterocycles. The fraction of sp³-hybridized carbons (Fsp3) is 0.600. The predicted octanol–water partition coefficient (Wildman–Crippen LogP) is 2.14. The molecule has 0 bridgehead atoms. The molecule has 1 aliphatic rings. The average molecular weight is 272 g/mol. The summed E-state index contributed by atoms with van der Waals surface area (Å²) in [6, 6.07) is 1.89. The average Bonchev–Trinajstić information content (AvgIpc) is 2.49. The third kappa shape index (κ3) is 2.66. The van der Waals surface area contributed by atoms with E-state index in [1.807, 2.05) is 13.0 Å². The molecular formula is C10H14BrN3O. The van der Waals surface area contributed by atoms with Gasteiger partial charge >= 0.3 is 0 Å². The molecule has 1 atom stereocenters. The summed E-state index contributed by atoms with van der Waals surface area (Å²) in [4.78, 5) is 8.50. The van der Waals surface area contributed by atoms with Gasteiger partial charge in [-0.3, -0.25) is 0 Å². The van der Waals surface area contributed by atoms with E-state index in [-0.39, 0.29) is 5.54 Å². The standard InChI is InChI=1S/C10H14BrN3O/c1-7-12-8(11)5-9(13-7)14-10(2)3-4-15-6-10/h5H,3-4,6H2,1-2H3,(H,12,13,14). The van der Waals surface area contributed by atoms with E-state index in [0.29, 0.717) is 0 Å². The summed E-state index contributed by atoms with van der Waals surface area (Å²) in [6.07, 6.45) is 1.01. The fourth-order valence-corrected chi connectivity index (χ4v) is 2.14. The Balaban J connectivity index is 2.16. The second-order valence-corrected chi connectivity index (χ2v) is 4.92. The maximum absolute atomic E-state index is 5.38. The van der Waals surface area contributed by atoms with Gasteiger partial charge in [0.15, 0.2) is 0 Å². The van der Waals surface area contributed by atoms with Gasteiger partial charge in [-0.05, 0) is 36.2 Å². The molecule has 4 nitrogen and oxygen atoms in total. The van der Waals surface area contributed by atoms with Crippen molar-refractivity contribution < 1.29 is 4.74 Å². The van der Waals surface area contributed by atoms with Crippen LogP contribution in [0, 0.1) is 6.92 Å². The molecule has 1 unspecified atom stereocenters. The third-order valence-corrected chi connectivity index (χ3v) is 2.86. The summed E-state index contributed by atoms with van der Waals surface area (Å²) in [7, 11) is 0. The van der Waals surface area contributed by atoms with E-state index in [4.69, 9.17) is 4.74 Å². The highest BCUT2D eigenvalue weighted by Crippen LogP contribution is 2.23. The Kier molecular flexibility index (Phi) is 2.93. The largest absolute Gasteiger partial charge is 0.379 e. The lowest BCUT2D eigenvalue weighted by molar-refractivity contribution is 0.185. The van der Waals surface area contributed by atoms with Crippen LogP contribution in [0.3, 0.4) is 0 Å². The van der Waals surface area contributed by atoms with Gasteiger partial charge in [0.2, 0.25) is 0 Å². The first kappa shape index (κ1) is 10.8. The van der Waals surface area contributed by atoms with Gasteiger partial charge in [0.05, 0.1) is 12.1 Å². The lowest BCUT2D eigenvalue weighted by Gasteiger charge is -2.24. The van der Waals surface area contributed by atoms with Crippen LogP contribution in [0.5, 0.6) is 0 Å². The molecule has 1 N–H and O–H groups in total. The Labute approximate surface area is 97.6 Å². The number of anilines is 1. The second-order valence-electron chi connectivity index (χ2n) is 4.11. The highest BCUT2D eigenvalue weighted by atomic mass is 79.9. The molecule has 15 heavy (non-hydrogen) atoms. The van der Waals surface area contributed by atoms with Crippen LogP contribution in [0.2, 0.25) is 0 Å². The van der Waals surface area contributed by atoms with Crippen LogP contribution in [0.25, 0.3) is 0 Å². The summed E-state index contributed by atoms with van der Waals surface area (Å²) >= 11 is 3.36. The lowest BCUT2D eigenvalue weighted by Crippen LogP contribution is -2.35. The summed E-state index contributed by atoms with van der Waals surface area (Å²) in [6.45, 7) is 5.57. The minimum atomic E-state index is 0.000231. The van der Waals surface area contributed by atoms with Crippen molar-refractivity contribution in [2.24, 2.45) is 0 Å². The zero-order valence-corrected chi connectivity index (χ0v) is 10.5. The first-order chi connectivity index (χ1) is 7.07. The molecule has 0 spiro atoms. The number of hydrogen-bond acceptors (Lipinski definition) is 4. The maximum atomic E-state index is 5.38. The van der Waals surface area contributed by atoms with Crippen LogP contribution in [-0.2, 0) is 4.74 Å². The number of aryl methyl sites for hydroxylation is 1. The molecule has 0 aromatic carbocycles. The molecule has 1 fully saturated rings. The number of nitrogens with zero attached hydrogens (tertiary/aromatic N) is 2. The Morgan fingerprint density at radius 2 is 2.33 bits per heavy atom. The Morgan fingerprint density at radius 3 is 2.93 bits per heavy atom. The van der Waals surface area contributed by atoms with Crippen molar-refractivity contribution in [1.82, 2.24) is 9.97 Å². The topological polar surface area (TPSA) is 47.0 Å². The SMILES string of the molecule is Cc1nc(Br)cc(NC2(C)CCOC2)n1. The smallest absolute Gasteiger partial charge is 0.131 e. The number of nitrogens with one attached hydrogen (secondary N) is 1. The molecule has 0 aliphatic carbocycles. The quantitative estimate of drug-likeness (QED) is 0.838. The maximum Gasteiger partial charge on any atom is 0.131 e. The first-order valence-electron chi connectivity index (χ1n) is 4.95. The van der Waals surface area contributed by atoms with Crippen LogP contribution in [-0.4, -0.2) is 28.7 Å². The van der Waals surface area contributed by atoms with E-state index < -0.39 is 0 Å². The van der Waals surface area contributed by atoms with E-state index in [0.717, 1.165) is 35.9 Å². The zero-order valence-electron chi connectivity index (χ0n) is 8.88. The van der Waals surface area contributed by atoms with Crippen molar-refractivity contribution in [3.8, 4) is 0 Å². The van der Waals surface area contributed by atoms with E-state index >= 15 is 0 Å². The number of hydrogen-bond donors (Lipinski definition) is 1. The molecule has 1 aliphatic heterocycles. The minimum absolute atomic E-state index is 0.000231. The van der Waals surface area contributed by atoms with Gasteiger partial charge in [-0.2, -0.15) is 0 Å². The first-order valence-corrected chi connectivity index (χ1v) is 5.74. The van der Waals surface area contributed by atoms with Crippen LogP contribution in [0.4, 0.5) is 5.82 Å². The monoisotopic (exact) mass is 271 g/mol. The van der Waals surface area contributed by atoms with E-state index in [2.05, 4.69) is 38.1 Å². The summed E-state index contributed by atoms with van der Waals surface area (Å²) in [5, 5.41) is 3.39. The molecule has 82 valence electrons. The van der Waals surface area contributed by atoms with Crippen LogP contribution < -0.4 is 5.32 Å². The molecule has 5 heteroatoms. The van der Waals surface area contributed by atoms with Gasteiger partial charge < -0.3 is 10.1 Å². The second kappa shape index (κ2) is 4.06. The molecule has 0 radical (unpaired) electrons. The highest BCUT2D eigenvalue weighted by molar-refractivity contribution is 9.10. The summed E-state index contributed by atoms with van der Waals surface area (Å²) in [5.41, 5.74) is 0.000231. The van der Waals surface area contributed by atoms with Crippen molar-refractivity contribution in [2.45, 2.75) is 25.8 Å². The van der Waals surface area contributed by atoms with Gasteiger partial charge in [0, 0.05) is 12.7 Å². The highest BCUT2D eigenvalue weighted by Gasteiger charge is 2.29. The summed E-state index contributed by atoms with van der Waals surface area (Å²) in [5.74, 6) is 1.61. The van der Waals surface area contributed by atoms with Crippen LogP contribution in [0.1, 0.15) is 19.2 Å². The molecule has 2 rings (SSSR count). The molecule has 0 amide bonds. The number of aromatic nitrogens is 2. The van der Waals surface area contributed by atoms with Crippen molar-refractivity contribution >= 4 is 21.7 Å². The number of ether oxygens (including phenoxy) is 1. The van der Waals surface area contributed by atoms with Crippen LogP contribution in [0.15, 0.2) is 10.7 Å². The Bertz CT molecular complexity index is 343. The minimum Gasteiger partial charge on any atom is -0.379 e. The zero-order chi connectivity index (χ0) is 10.9. The Morgan fingerprint density at radius 1 is 1.53 bits per heavy atom. The van der Waals surface area contributed by atoms with Gasteiger partial charge in [-0.1, -0.05) is 0 Å². The Hall–Kier alpha value is -0.680. The molecule has 0 saturated carbocycles. The van der Waals surface area contributed by atoms with E-state index in [9.17, 15) is 0 Å². The van der Waals surface area contributed by atoms with Crippen LogP contribution >= 0.6 is 15.9 Å². The molecular weight excluding hydrogens is 258 g/mol. The molecule has 1 aromatic rings. The summed E-state index contributed by atoms with van der Waals surface area (Å²) < 4.78 is 6.18. The number of halogens is 1. The van der Waals surface area contributed by atoms with E-state index in [1.165, 1.54) is 0 Å². The van der Waals surface area contributed by atoms with Crippen molar-refractivity contribution in [1.29, 1.82) is 0 Å². The number of rotatable bonds is 2. The fourth-order valence-electron chi connectivity index (χ4n) is 1.67. The van der Waals surface area contributed by atoms with Crippen molar-refractivity contribution in [3.05, 3.63) is 16.5 Å². The van der Waals surface area contributed by atoms with Crippen molar-refractivity contribution in [2.75, 3.05) is 18.5 Å². The molecule has 1 saturated heterocycles. The van der Waals surface area contributed by atoms with Crippen molar-refractivity contribution in [3.63, 3.8) is 0 Å². The van der Waals surface area contributed by atoms with Gasteiger partial charge in [-0.25, -0.2) is 9.97 Å². The van der Waals surface area contributed by atoms with Gasteiger partial charge in [0.1, 0.15) is 16.2 Å². The lowest BCUT2D eigenvalue weighted by atomic mass is 10.0. The third-order valence-electron chi connectivity index (χ3n) is 2.46. The molecule has 2 heterocycles. The van der Waals surface area contributed by atoms with Gasteiger partial charge in [-0.15, -0.1) is 0 Å². The predicted molar refractivity (Wildman–Crippen MR) is 61.9 cm³/mol. The normalized spacial score (nSPS) is 25.5. The van der Waals surface area contributed by atoms with E-state index in [1.54, 1.807) is 0 Å². The van der Waals surface area contributed by atoms with Gasteiger partial charge in [0.25, 0.3) is 0 Å².